The first-order valence-electron chi connectivity index (χ1n) is 10.0. The Morgan fingerprint density at radius 1 is 1.06 bits per heavy atom. The summed E-state index contributed by atoms with van der Waals surface area (Å²) in [6, 6.07) is 21.3. The zero-order valence-corrected chi connectivity index (χ0v) is 18.0. The van der Waals surface area contributed by atoms with E-state index in [0.29, 0.717) is 23.2 Å². The van der Waals surface area contributed by atoms with E-state index in [1.54, 1.807) is 6.21 Å². The highest BCUT2D eigenvalue weighted by atomic mass is 35.5. The van der Waals surface area contributed by atoms with Crippen LogP contribution in [0.15, 0.2) is 71.8 Å². The third-order valence-corrected chi connectivity index (χ3v) is 5.35. The first kappa shape index (κ1) is 20.0. The Labute approximate surface area is 189 Å². The molecular formula is C24H19ClN6O. The molecule has 0 fully saturated rings. The van der Waals surface area contributed by atoms with Crippen molar-refractivity contribution in [3.63, 3.8) is 0 Å². The lowest BCUT2D eigenvalue weighted by Crippen LogP contribution is -1.99. The van der Waals surface area contributed by atoms with Crippen LogP contribution in [0.2, 0.25) is 5.02 Å². The Hall–Kier alpha value is -3.97. The van der Waals surface area contributed by atoms with Crippen molar-refractivity contribution in [2.45, 2.75) is 13.5 Å². The van der Waals surface area contributed by atoms with Gasteiger partial charge in [-0.15, -0.1) is 10.2 Å². The molecule has 3 aromatic carbocycles. The number of aryl methyl sites for hydroxylation is 1. The van der Waals surface area contributed by atoms with E-state index in [1.165, 1.54) is 0 Å². The van der Waals surface area contributed by atoms with Crippen molar-refractivity contribution < 1.29 is 4.74 Å². The Balaban J connectivity index is 1.23. The van der Waals surface area contributed by atoms with Gasteiger partial charge < -0.3 is 9.72 Å². The zero-order chi connectivity index (χ0) is 21.9. The van der Waals surface area contributed by atoms with E-state index in [0.717, 1.165) is 38.9 Å². The Bertz CT molecular complexity index is 1430. The highest BCUT2D eigenvalue weighted by Gasteiger charge is 2.09. The third-order valence-electron chi connectivity index (χ3n) is 4.98. The molecule has 0 aliphatic carbocycles. The molecule has 0 unspecified atom stereocenters. The number of hydrogen-bond acceptors (Lipinski definition) is 6. The second-order valence-corrected chi connectivity index (χ2v) is 7.73. The average Bonchev–Trinajstić information content (AvgIpc) is 3.16. The van der Waals surface area contributed by atoms with Crippen LogP contribution < -0.4 is 10.2 Å². The largest absolute Gasteiger partial charge is 0.489 e. The van der Waals surface area contributed by atoms with E-state index in [4.69, 9.17) is 16.3 Å². The van der Waals surface area contributed by atoms with Crippen molar-refractivity contribution in [1.29, 1.82) is 0 Å². The minimum Gasteiger partial charge on any atom is -0.489 e. The molecule has 5 aromatic rings. The number of aromatic nitrogens is 4. The van der Waals surface area contributed by atoms with Gasteiger partial charge in [-0.2, -0.15) is 10.1 Å². The molecule has 0 radical (unpaired) electrons. The molecule has 8 heteroatoms. The topological polar surface area (TPSA) is 88.1 Å². The van der Waals surface area contributed by atoms with Gasteiger partial charge in [-0.05, 0) is 55.0 Å². The fourth-order valence-corrected chi connectivity index (χ4v) is 3.51. The maximum Gasteiger partial charge on any atom is 0.265 e. The van der Waals surface area contributed by atoms with Gasteiger partial charge in [0.2, 0.25) is 0 Å². The highest BCUT2D eigenvalue weighted by molar-refractivity contribution is 6.31. The number of H-pyrrole nitrogens is 1. The lowest BCUT2D eigenvalue weighted by molar-refractivity contribution is 0.306. The number of hydrazone groups is 1. The molecule has 0 atom stereocenters. The maximum atomic E-state index is 6.16. The van der Waals surface area contributed by atoms with Gasteiger partial charge in [0.05, 0.1) is 6.21 Å². The van der Waals surface area contributed by atoms with E-state index in [1.807, 2.05) is 67.6 Å². The summed E-state index contributed by atoms with van der Waals surface area (Å²) in [5, 5.41) is 14.3. The van der Waals surface area contributed by atoms with Crippen LogP contribution in [0.25, 0.3) is 22.1 Å². The fourth-order valence-electron chi connectivity index (χ4n) is 3.32. The van der Waals surface area contributed by atoms with Gasteiger partial charge in [-0.1, -0.05) is 41.4 Å². The predicted molar refractivity (Wildman–Crippen MR) is 127 cm³/mol. The van der Waals surface area contributed by atoms with Gasteiger partial charge in [0.15, 0.2) is 5.65 Å². The third kappa shape index (κ3) is 4.24. The van der Waals surface area contributed by atoms with Crippen LogP contribution in [0.3, 0.4) is 0 Å². The fraction of sp³-hybridized carbons (Fsp3) is 0.0833. The Morgan fingerprint density at radius 2 is 1.91 bits per heavy atom. The zero-order valence-electron chi connectivity index (χ0n) is 17.2. The van der Waals surface area contributed by atoms with Crippen LogP contribution in [0.5, 0.6) is 5.75 Å². The molecular weight excluding hydrogens is 424 g/mol. The van der Waals surface area contributed by atoms with Crippen molar-refractivity contribution >= 4 is 45.8 Å². The van der Waals surface area contributed by atoms with Crippen LogP contribution in [0.4, 0.5) is 5.95 Å². The molecule has 32 heavy (non-hydrogen) atoms. The van der Waals surface area contributed by atoms with Crippen LogP contribution in [0, 0.1) is 6.92 Å². The summed E-state index contributed by atoms with van der Waals surface area (Å²) < 4.78 is 5.80. The van der Waals surface area contributed by atoms with Gasteiger partial charge in [0.1, 0.15) is 17.9 Å². The first-order chi connectivity index (χ1) is 15.7. The smallest absolute Gasteiger partial charge is 0.265 e. The molecule has 7 nitrogen and oxygen atoms in total. The van der Waals surface area contributed by atoms with Gasteiger partial charge >= 0.3 is 0 Å². The minimum atomic E-state index is 0.316. The van der Waals surface area contributed by atoms with Crippen molar-refractivity contribution in [3.05, 3.63) is 88.4 Å². The number of rotatable bonds is 6. The number of aromatic amines is 1. The van der Waals surface area contributed by atoms with Gasteiger partial charge in [-0.25, -0.2) is 5.43 Å². The molecule has 2 N–H and O–H groups in total. The molecule has 2 heterocycles. The quantitative estimate of drug-likeness (QED) is 0.268. The number of nitrogens with zero attached hydrogens (tertiary/aromatic N) is 4. The minimum absolute atomic E-state index is 0.316. The lowest BCUT2D eigenvalue weighted by atomic mass is 10.2. The van der Waals surface area contributed by atoms with E-state index in [2.05, 4.69) is 36.8 Å². The number of benzene rings is 3. The van der Waals surface area contributed by atoms with Crippen LogP contribution in [-0.4, -0.2) is 26.4 Å². The summed E-state index contributed by atoms with van der Waals surface area (Å²) in [6.07, 6.45) is 1.68. The van der Waals surface area contributed by atoms with Crippen LogP contribution in [-0.2, 0) is 6.61 Å². The number of halogens is 1. The van der Waals surface area contributed by atoms with E-state index in [9.17, 15) is 0 Å². The first-order valence-corrected chi connectivity index (χ1v) is 10.4. The summed E-state index contributed by atoms with van der Waals surface area (Å²) in [5.74, 6) is 1.07. The number of anilines is 1. The number of fused-ring (bicyclic) bond motifs is 3. The Kier molecular flexibility index (Phi) is 5.39. The monoisotopic (exact) mass is 442 g/mol. The molecule has 0 aliphatic heterocycles. The summed E-state index contributed by atoms with van der Waals surface area (Å²) >= 11 is 6.16. The van der Waals surface area contributed by atoms with E-state index >= 15 is 0 Å². The maximum absolute atomic E-state index is 6.16. The second kappa shape index (κ2) is 8.64. The number of ether oxygens (including phenoxy) is 1. The molecule has 0 bridgehead atoms. The van der Waals surface area contributed by atoms with Crippen molar-refractivity contribution in [2.75, 3.05) is 5.43 Å². The molecule has 0 saturated carbocycles. The van der Waals surface area contributed by atoms with Crippen molar-refractivity contribution in [1.82, 2.24) is 20.2 Å². The normalized spacial score (nSPS) is 11.4. The Morgan fingerprint density at radius 3 is 2.75 bits per heavy atom. The van der Waals surface area contributed by atoms with Crippen LogP contribution >= 0.6 is 11.6 Å². The van der Waals surface area contributed by atoms with Gasteiger partial charge in [0, 0.05) is 21.5 Å². The molecule has 0 saturated heterocycles. The molecule has 0 spiro atoms. The van der Waals surface area contributed by atoms with E-state index < -0.39 is 0 Å². The average molecular weight is 443 g/mol. The molecule has 0 amide bonds. The molecule has 0 aliphatic rings. The molecule has 5 rings (SSSR count). The standard InChI is InChI=1S/C24H19ClN6O/c1-15-6-11-21-19(12-15)22-23(27-21)28-24(31-29-22)30-26-13-16-7-9-18(10-8-16)32-14-17-4-2-3-5-20(17)25/h2-13H,14H2,1H3,(H2,27,28,30,31)/b26-13+. The van der Waals surface area contributed by atoms with Crippen LogP contribution in [0.1, 0.15) is 16.7 Å². The summed E-state index contributed by atoms with van der Waals surface area (Å²) in [6.45, 7) is 2.45. The molecule has 158 valence electrons. The van der Waals surface area contributed by atoms with Crippen molar-refractivity contribution in [2.24, 2.45) is 5.10 Å². The number of hydrogen-bond donors (Lipinski definition) is 2. The SMILES string of the molecule is Cc1ccc2[nH]c3nc(N/N=C/c4ccc(OCc5ccccc5Cl)cc4)nnc3c2c1. The predicted octanol–water partition coefficient (Wildman–Crippen LogP) is 5.49. The van der Waals surface area contributed by atoms with Gasteiger partial charge in [0.25, 0.3) is 5.95 Å². The highest BCUT2D eigenvalue weighted by Crippen LogP contribution is 2.23. The lowest BCUT2D eigenvalue weighted by Gasteiger charge is -2.07. The van der Waals surface area contributed by atoms with Gasteiger partial charge in [-0.3, -0.25) is 0 Å². The summed E-state index contributed by atoms with van der Waals surface area (Å²) in [7, 11) is 0. The summed E-state index contributed by atoms with van der Waals surface area (Å²) in [5.41, 5.74) is 8.21. The van der Waals surface area contributed by atoms with Crippen molar-refractivity contribution in [3.8, 4) is 5.75 Å². The second-order valence-electron chi connectivity index (χ2n) is 7.33. The number of nitrogens with one attached hydrogen (secondary N) is 2. The molecule has 2 aromatic heterocycles. The summed E-state index contributed by atoms with van der Waals surface area (Å²) in [4.78, 5) is 7.72. The van der Waals surface area contributed by atoms with E-state index in [-0.39, 0.29) is 0 Å².